The second-order valence-electron chi connectivity index (χ2n) is 10.8. The molecule has 1 atom stereocenters. The van der Waals surface area contributed by atoms with E-state index in [2.05, 4.69) is 95.1 Å². The molecule has 1 saturated heterocycles. The fraction of sp³-hybridized carbons (Fsp3) is 0.171. The summed E-state index contributed by atoms with van der Waals surface area (Å²) in [7, 11) is 0. The standard InChI is InChI=1S/C20H24N3.3C7H7.Zr/c1-5-16-8-6-7-9-17(16)18-12-22-20(21)23(18)19-14(3)10-13(2)11-15(19)4;3*1-7-5-3-2-4-6-7;/h6-11,18H,5,12H2,1-4H3,(H-,21,22);3*2-6H,1H2;/q4*-1;+4. The van der Waals surface area contributed by atoms with Crippen molar-refractivity contribution in [2.45, 2.75) is 40.2 Å². The van der Waals surface area contributed by atoms with Crippen LogP contribution in [0.15, 0.2) is 127 Å². The van der Waals surface area contributed by atoms with E-state index in [-0.39, 0.29) is 38.2 Å². The van der Waals surface area contributed by atoms with Crippen LogP contribution in [0.25, 0.3) is 5.41 Å². The van der Waals surface area contributed by atoms with Crippen LogP contribution in [0.2, 0.25) is 0 Å². The molecule has 1 aliphatic heterocycles. The van der Waals surface area contributed by atoms with Crippen molar-refractivity contribution >= 4 is 11.6 Å². The van der Waals surface area contributed by atoms with Gasteiger partial charge in [0.05, 0.1) is 0 Å². The van der Waals surface area contributed by atoms with Crippen LogP contribution in [0, 0.1) is 41.5 Å². The minimum atomic E-state index is 0. The number of rotatable bonds is 3. The van der Waals surface area contributed by atoms with Gasteiger partial charge in [0.25, 0.3) is 0 Å². The molecule has 5 aromatic carbocycles. The van der Waals surface area contributed by atoms with Crippen molar-refractivity contribution in [1.82, 2.24) is 5.32 Å². The number of hydrogen-bond acceptors (Lipinski definition) is 0. The number of aryl methyl sites for hydroxylation is 4. The van der Waals surface area contributed by atoms with Gasteiger partial charge in [0, 0.05) is 12.0 Å². The molecule has 0 saturated carbocycles. The topological polar surface area (TPSA) is 37.6 Å². The zero-order valence-electron chi connectivity index (χ0n) is 27.1. The van der Waals surface area contributed by atoms with Gasteiger partial charge in [-0.25, -0.2) is 0 Å². The van der Waals surface area contributed by atoms with Gasteiger partial charge in [-0.15, -0.1) is 36.4 Å². The van der Waals surface area contributed by atoms with Crippen LogP contribution in [0.1, 0.15) is 57.5 Å². The van der Waals surface area contributed by atoms with E-state index in [9.17, 15) is 5.41 Å². The predicted octanol–water partition coefficient (Wildman–Crippen LogP) is 9.85. The zero-order valence-corrected chi connectivity index (χ0v) is 29.6. The minimum Gasteiger partial charge on any atom is -0.438 e. The van der Waals surface area contributed by atoms with Crippen LogP contribution in [0.3, 0.4) is 0 Å². The zero-order chi connectivity index (χ0) is 31.9. The Kier molecular flexibility index (Phi) is 15.9. The normalized spacial score (nSPS) is 12.9. The second-order valence-corrected chi connectivity index (χ2v) is 10.8. The minimum absolute atomic E-state index is 0. The fourth-order valence-corrected chi connectivity index (χ4v) is 5.19. The molecule has 1 unspecified atom stereocenters. The third-order valence-electron chi connectivity index (χ3n) is 7.19. The molecule has 0 radical (unpaired) electrons. The molecule has 0 aliphatic carbocycles. The van der Waals surface area contributed by atoms with E-state index in [1.807, 2.05) is 91.0 Å². The summed E-state index contributed by atoms with van der Waals surface area (Å²) < 4.78 is 0. The Morgan fingerprint density at radius 2 is 1.07 bits per heavy atom. The molecule has 5 aromatic rings. The first kappa shape index (κ1) is 37.1. The number of guanidine groups is 1. The van der Waals surface area contributed by atoms with E-state index in [0.29, 0.717) is 0 Å². The van der Waals surface area contributed by atoms with Crippen LogP contribution in [0.5, 0.6) is 0 Å². The maximum atomic E-state index is 10.5. The van der Waals surface area contributed by atoms with Gasteiger partial charge in [0.2, 0.25) is 0 Å². The van der Waals surface area contributed by atoms with Crippen molar-refractivity contribution in [3.05, 3.63) is 198 Å². The van der Waals surface area contributed by atoms with Crippen LogP contribution in [-0.4, -0.2) is 12.5 Å². The largest absolute Gasteiger partial charge is 4.00 e. The number of anilines is 1. The Morgan fingerprint density at radius 3 is 1.44 bits per heavy atom. The van der Waals surface area contributed by atoms with E-state index < -0.39 is 0 Å². The van der Waals surface area contributed by atoms with Crippen molar-refractivity contribution in [2.75, 3.05) is 11.4 Å². The SMILES string of the molecule is CCc1ccccc1C1CNC(=[N-])N1c1c(C)cc(C)cc1C.[CH2-]c1ccccc1.[CH2-]c1ccccc1.[CH2-]c1ccccc1.[Zr+4]. The van der Waals surface area contributed by atoms with Gasteiger partial charge < -0.3 is 15.6 Å². The van der Waals surface area contributed by atoms with E-state index in [1.54, 1.807) is 0 Å². The molecule has 1 aliphatic rings. The third kappa shape index (κ3) is 11.7. The Hall–Kier alpha value is -4.14. The fourth-order valence-electron chi connectivity index (χ4n) is 5.19. The third-order valence-corrected chi connectivity index (χ3v) is 7.19. The predicted molar refractivity (Wildman–Crippen MR) is 191 cm³/mol. The van der Waals surface area contributed by atoms with Crippen LogP contribution in [-0.2, 0) is 32.6 Å². The second kappa shape index (κ2) is 19.3. The van der Waals surface area contributed by atoms with Crippen LogP contribution in [0.4, 0.5) is 5.69 Å². The molecule has 0 spiro atoms. The van der Waals surface area contributed by atoms with Gasteiger partial charge in [-0.3, -0.25) is 0 Å². The molecule has 1 fully saturated rings. The molecular formula is C41H45N3Zr. The van der Waals surface area contributed by atoms with E-state index in [4.69, 9.17) is 0 Å². The van der Waals surface area contributed by atoms with Gasteiger partial charge in [-0.1, -0.05) is 67.1 Å². The summed E-state index contributed by atoms with van der Waals surface area (Å²) in [6.45, 7) is 20.4. The Morgan fingerprint density at radius 1 is 0.667 bits per heavy atom. The molecule has 3 nitrogen and oxygen atoms in total. The Bertz CT molecular complexity index is 1450. The molecular weight excluding hydrogens is 626 g/mol. The summed E-state index contributed by atoms with van der Waals surface area (Å²) >= 11 is 0. The quantitative estimate of drug-likeness (QED) is 0.194. The van der Waals surface area contributed by atoms with Crippen molar-refractivity contribution in [1.29, 1.82) is 0 Å². The maximum absolute atomic E-state index is 10.5. The molecule has 1 N–H and O–H groups in total. The summed E-state index contributed by atoms with van der Waals surface area (Å²) in [5.74, 6) is 0.246. The van der Waals surface area contributed by atoms with Gasteiger partial charge in [0.15, 0.2) is 0 Å². The molecule has 45 heavy (non-hydrogen) atoms. The van der Waals surface area contributed by atoms with E-state index in [0.717, 1.165) is 35.3 Å². The summed E-state index contributed by atoms with van der Waals surface area (Å²) in [6, 6.07) is 42.6. The van der Waals surface area contributed by atoms with Crippen molar-refractivity contribution in [3.63, 3.8) is 0 Å². The number of nitrogens with one attached hydrogen (secondary N) is 1. The van der Waals surface area contributed by atoms with Crippen molar-refractivity contribution < 1.29 is 26.2 Å². The molecule has 4 heteroatoms. The van der Waals surface area contributed by atoms with Gasteiger partial charge >= 0.3 is 26.2 Å². The molecule has 0 bridgehead atoms. The van der Waals surface area contributed by atoms with E-state index in [1.165, 1.54) is 27.8 Å². The number of hydrogen-bond donors (Lipinski definition) is 1. The Labute approximate surface area is 291 Å². The van der Waals surface area contributed by atoms with Crippen LogP contribution >= 0.6 is 0 Å². The monoisotopic (exact) mass is 669 g/mol. The smallest absolute Gasteiger partial charge is 0.438 e. The van der Waals surface area contributed by atoms with Gasteiger partial charge in [-0.2, -0.15) is 73.9 Å². The first-order chi connectivity index (χ1) is 21.2. The first-order valence-corrected chi connectivity index (χ1v) is 15.1. The molecule has 0 aromatic heterocycles. The van der Waals surface area contributed by atoms with Crippen molar-refractivity contribution in [2.24, 2.45) is 0 Å². The average molecular weight is 671 g/mol. The average Bonchev–Trinajstić information content (AvgIpc) is 3.39. The molecule has 1 heterocycles. The van der Waals surface area contributed by atoms with E-state index >= 15 is 0 Å². The summed E-state index contributed by atoms with van der Waals surface area (Å²) in [5.41, 5.74) is 10.6. The summed E-state index contributed by atoms with van der Waals surface area (Å²) in [6.07, 6.45) is 0.993. The first-order valence-electron chi connectivity index (χ1n) is 15.1. The van der Waals surface area contributed by atoms with Gasteiger partial charge in [0.1, 0.15) is 0 Å². The molecule has 0 amide bonds. The summed E-state index contributed by atoms with van der Waals surface area (Å²) in [5, 5.41) is 13.6. The molecule has 6 rings (SSSR count). The number of nitrogens with zero attached hydrogens (tertiary/aromatic N) is 2. The Balaban J connectivity index is 0.000000259. The summed E-state index contributed by atoms with van der Waals surface area (Å²) in [4.78, 5) is 2.05. The number of benzene rings is 5. The van der Waals surface area contributed by atoms with Crippen molar-refractivity contribution in [3.8, 4) is 0 Å². The molecule has 228 valence electrons. The maximum Gasteiger partial charge on any atom is 4.00 e. The van der Waals surface area contributed by atoms with Crippen LogP contribution < -0.4 is 10.2 Å². The van der Waals surface area contributed by atoms with Gasteiger partial charge in [-0.05, 0) is 61.7 Å².